The van der Waals surface area contributed by atoms with E-state index in [0.29, 0.717) is 18.8 Å². The maximum Gasteiger partial charge on any atom is 0.231 e. The lowest BCUT2D eigenvalue weighted by molar-refractivity contribution is 0.161. The summed E-state index contributed by atoms with van der Waals surface area (Å²) >= 11 is 0. The van der Waals surface area contributed by atoms with Crippen LogP contribution >= 0.6 is 0 Å². The molecule has 1 heterocycles. The van der Waals surface area contributed by atoms with Crippen LogP contribution in [0.2, 0.25) is 0 Å². The van der Waals surface area contributed by atoms with Crippen LogP contribution in [0.3, 0.4) is 0 Å². The Morgan fingerprint density at radius 3 is 2.90 bits per heavy atom. The van der Waals surface area contributed by atoms with Crippen LogP contribution in [0.4, 0.5) is 0 Å². The van der Waals surface area contributed by atoms with Gasteiger partial charge in [-0.1, -0.05) is 19.4 Å². The number of hydrogen-bond donors (Lipinski definition) is 1. The minimum Gasteiger partial charge on any atom is -0.454 e. The van der Waals surface area contributed by atoms with Crippen LogP contribution in [0.15, 0.2) is 18.2 Å². The van der Waals surface area contributed by atoms with Gasteiger partial charge in [-0.15, -0.1) is 0 Å². The van der Waals surface area contributed by atoms with E-state index in [1.165, 1.54) is 24.8 Å². The van der Waals surface area contributed by atoms with Gasteiger partial charge in [-0.3, -0.25) is 4.90 Å². The third kappa shape index (κ3) is 2.63. The molecule has 1 aromatic carbocycles. The van der Waals surface area contributed by atoms with Gasteiger partial charge in [0.2, 0.25) is 6.79 Å². The molecule has 1 aromatic rings. The van der Waals surface area contributed by atoms with Gasteiger partial charge in [0.1, 0.15) is 0 Å². The Balaban J connectivity index is 1.71. The quantitative estimate of drug-likeness (QED) is 0.897. The van der Waals surface area contributed by atoms with E-state index in [0.717, 1.165) is 31.1 Å². The summed E-state index contributed by atoms with van der Waals surface area (Å²) in [5.41, 5.74) is 7.21. The highest BCUT2D eigenvalue weighted by Crippen LogP contribution is 2.34. The number of nitrogens with two attached hydrogens (primary N) is 1. The Labute approximate surface area is 120 Å². The summed E-state index contributed by atoms with van der Waals surface area (Å²) in [6, 6.07) is 6.90. The van der Waals surface area contributed by atoms with E-state index >= 15 is 0 Å². The molecule has 0 bridgehead atoms. The zero-order valence-electron chi connectivity index (χ0n) is 12.2. The molecule has 1 fully saturated rings. The van der Waals surface area contributed by atoms with Crippen LogP contribution in [0.5, 0.6) is 11.5 Å². The van der Waals surface area contributed by atoms with Crippen molar-refractivity contribution in [1.82, 2.24) is 4.90 Å². The molecule has 2 atom stereocenters. The first kappa shape index (κ1) is 13.7. The van der Waals surface area contributed by atoms with Crippen molar-refractivity contribution in [3.05, 3.63) is 23.8 Å². The fourth-order valence-corrected chi connectivity index (χ4v) is 3.51. The average molecular weight is 276 g/mol. The number of hydrogen-bond acceptors (Lipinski definition) is 4. The molecule has 0 spiro atoms. The van der Waals surface area contributed by atoms with E-state index in [9.17, 15) is 0 Å². The Morgan fingerprint density at radius 2 is 2.10 bits per heavy atom. The predicted octanol–water partition coefficient (Wildman–Crippen LogP) is 2.36. The molecule has 4 nitrogen and oxygen atoms in total. The third-order valence-electron chi connectivity index (χ3n) is 4.62. The summed E-state index contributed by atoms with van der Waals surface area (Å²) in [6.45, 7) is 5.42. The SMILES string of the molecule is CCN(Cc1ccc2c(c1)OCO2)C1CCCC1CN. The second-order valence-corrected chi connectivity index (χ2v) is 5.74. The average Bonchev–Trinajstić information content (AvgIpc) is 3.12. The zero-order chi connectivity index (χ0) is 13.9. The van der Waals surface area contributed by atoms with Gasteiger partial charge in [0.15, 0.2) is 11.5 Å². The van der Waals surface area contributed by atoms with Crippen LogP contribution in [0, 0.1) is 5.92 Å². The fourth-order valence-electron chi connectivity index (χ4n) is 3.51. The minimum atomic E-state index is 0.341. The van der Waals surface area contributed by atoms with Gasteiger partial charge in [0.25, 0.3) is 0 Å². The molecule has 2 aliphatic rings. The summed E-state index contributed by atoms with van der Waals surface area (Å²) < 4.78 is 10.8. The molecule has 3 rings (SSSR count). The van der Waals surface area contributed by atoms with Crippen LogP contribution in [-0.2, 0) is 6.54 Å². The largest absolute Gasteiger partial charge is 0.454 e. The van der Waals surface area contributed by atoms with Crippen molar-refractivity contribution in [3.8, 4) is 11.5 Å². The van der Waals surface area contributed by atoms with E-state index in [1.54, 1.807) is 0 Å². The summed E-state index contributed by atoms with van der Waals surface area (Å²) in [5.74, 6) is 2.39. The van der Waals surface area contributed by atoms with Crippen molar-refractivity contribution >= 4 is 0 Å². The molecule has 2 N–H and O–H groups in total. The second-order valence-electron chi connectivity index (χ2n) is 5.74. The number of fused-ring (bicyclic) bond motifs is 1. The van der Waals surface area contributed by atoms with Gasteiger partial charge in [0, 0.05) is 12.6 Å². The third-order valence-corrected chi connectivity index (χ3v) is 4.62. The first-order chi connectivity index (χ1) is 9.81. The maximum atomic E-state index is 5.92. The second kappa shape index (κ2) is 6.02. The molecule has 1 saturated carbocycles. The minimum absolute atomic E-state index is 0.341. The van der Waals surface area contributed by atoms with Crippen molar-refractivity contribution in [3.63, 3.8) is 0 Å². The van der Waals surface area contributed by atoms with E-state index in [-0.39, 0.29) is 0 Å². The molecule has 20 heavy (non-hydrogen) atoms. The molecule has 4 heteroatoms. The van der Waals surface area contributed by atoms with Crippen LogP contribution in [0.1, 0.15) is 31.7 Å². The molecular weight excluding hydrogens is 252 g/mol. The maximum absolute atomic E-state index is 5.92. The van der Waals surface area contributed by atoms with E-state index in [4.69, 9.17) is 15.2 Å². The normalized spacial score (nSPS) is 24.6. The number of ether oxygens (including phenoxy) is 2. The summed E-state index contributed by atoms with van der Waals surface area (Å²) in [7, 11) is 0. The topological polar surface area (TPSA) is 47.7 Å². The van der Waals surface area contributed by atoms with Crippen molar-refractivity contribution in [2.45, 2.75) is 38.8 Å². The van der Waals surface area contributed by atoms with Crippen molar-refractivity contribution in [2.24, 2.45) is 11.7 Å². The summed E-state index contributed by atoms with van der Waals surface area (Å²) in [5, 5.41) is 0. The Kier molecular flexibility index (Phi) is 4.13. The Morgan fingerprint density at radius 1 is 1.25 bits per heavy atom. The van der Waals surface area contributed by atoms with Crippen LogP contribution < -0.4 is 15.2 Å². The van der Waals surface area contributed by atoms with Crippen LogP contribution in [0.25, 0.3) is 0 Å². The van der Waals surface area contributed by atoms with Gasteiger partial charge in [0.05, 0.1) is 0 Å². The molecule has 0 radical (unpaired) electrons. The van der Waals surface area contributed by atoms with Gasteiger partial charge < -0.3 is 15.2 Å². The molecule has 110 valence electrons. The highest BCUT2D eigenvalue weighted by atomic mass is 16.7. The molecule has 2 unspecified atom stereocenters. The lowest BCUT2D eigenvalue weighted by atomic mass is 10.0. The van der Waals surface area contributed by atoms with Gasteiger partial charge in [-0.05, 0) is 49.5 Å². The zero-order valence-corrected chi connectivity index (χ0v) is 12.2. The van der Waals surface area contributed by atoms with Crippen LogP contribution in [-0.4, -0.2) is 30.8 Å². The monoisotopic (exact) mass is 276 g/mol. The van der Waals surface area contributed by atoms with E-state index in [2.05, 4.69) is 24.0 Å². The smallest absolute Gasteiger partial charge is 0.231 e. The van der Waals surface area contributed by atoms with E-state index < -0.39 is 0 Å². The first-order valence-electron chi connectivity index (χ1n) is 7.64. The van der Waals surface area contributed by atoms with Gasteiger partial charge in [-0.25, -0.2) is 0 Å². The Bertz CT molecular complexity index is 464. The molecule has 1 aliphatic heterocycles. The van der Waals surface area contributed by atoms with Crippen molar-refractivity contribution in [1.29, 1.82) is 0 Å². The number of rotatable bonds is 5. The van der Waals surface area contributed by atoms with Crippen molar-refractivity contribution < 1.29 is 9.47 Å². The standard InChI is InChI=1S/C16H24N2O2/c1-2-18(14-5-3-4-13(14)9-17)10-12-6-7-15-16(8-12)20-11-19-15/h6-8,13-14H,2-5,9-11,17H2,1H3. The highest BCUT2D eigenvalue weighted by Gasteiger charge is 2.30. The molecular formula is C16H24N2O2. The predicted molar refractivity (Wildman–Crippen MR) is 78.8 cm³/mol. The lowest BCUT2D eigenvalue weighted by Gasteiger charge is -2.31. The fraction of sp³-hybridized carbons (Fsp3) is 0.625. The summed E-state index contributed by atoms with van der Waals surface area (Å²) in [6.07, 6.45) is 3.86. The Hall–Kier alpha value is -1.26. The molecule has 1 aliphatic carbocycles. The molecule has 0 aromatic heterocycles. The highest BCUT2D eigenvalue weighted by molar-refractivity contribution is 5.44. The van der Waals surface area contributed by atoms with E-state index in [1.807, 2.05) is 6.07 Å². The first-order valence-corrected chi connectivity index (χ1v) is 7.64. The number of benzene rings is 1. The molecule has 0 saturated heterocycles. The molecule has 0 amide bonds. The van der Waals surface area contributed by atoms with Gasteiger partial charge >= 0.3 is 0 Å². The lowest BCUT2D eigenvalue weighted by Crippen LogP contribution is -2.39. The van der Waals surface area contributed by atoms with Crippen molar-refractivity contribution in [2.75, 3.05) is 19.9 Å². The number of nitrogens with zero attached hydrogens (tertiary/aromatic N) is 1. The summed E-state index contributed by atoms with van der Waals surface area (Å²) in [4.78, 5) is 2.56. The van der Waals surface area contributed by atoms with Gasteiger partial charge in [-0.2, -0.15) is 0 Å².